The van der Waals surface area contributed by atoms with E-state index in [2.05, 4.69) is 5.32 Å². The minimum atomic E-state index is 0.0194. The van der Waals surface area contributed by atoms with Crippen LogP contribution in [-0.4, -0.2) is 5.91 Å². The SMILES string of the molecule is O=C(CCc1cccs1)NCc1ccc(Cl)o1. The average molecular weight is 270 g/mol. The monoisotopic (exact) mass is 269 g/mol. The molecule has 1 amide bonds. The van der Waals surface area contributed by atoms with Crippen molar-refractivity contribution >= 4 is 28.8 Å². The Kier molecular flexibility index (Phi) is 4.23. The number of halogens is 1. The van der Waals surface area contributed by atoms with E-state index in [0.717, 1.165) is 6.42 Å². The number of nitrogens with one attached hydrogen (secondary N) is 1. The molecule has 0 atom stereocenters. The topological polar surface area (TPSA) is 42.2 Å². The summed E-state index contributed by atoms with van der Waals surface area (Å²) in [5, 5.41) is 5.14. The van der Waals surface area contributed by atoms with Crippen LogP contribution in [0.1, 0.15) is 17.1 Å². The smallest absolute Gasteiger partial charge is 0.220 e. The minimum Gasteiger partial charge on any atom is -0.448 e. The molecule has 1 N–H and O–H groups in total. The Bertz CT molecular complexity index is 478. The summed E-state index contributed by atoms with van der Waals surface area (Å²) >= 11 is 7.29. The van der Waals surface area contributed by atoms with E-state index in [1.807, 2.05) is 17.5 Å². The van der Waals surface area contributed by atoms with Crippen LogP contribution in [0.2, 0.25) is 5.22 Å². The first kappa shape index (κ1) is 12.2. The van der Waals surface area contributed by atoms with E-state index in [0.29, 0.717) is 23.9 Å². The van der Waals surface area contributed by atoms with Gasteiger partial charge in [-0.2, -0.15) is 0 Å². The zero-order chi connectivity index (χ0) is 12.1. The maximum absolute atomic E-state index is 11.5. The largest absolute Gasteiger partial charge is 0.448 e. The first-order chi connectivity index (χ1) is 8.24. The molecule has 2 aromatic heterocycles. The molecule has 2 heterocycles. The summed E-state index contributed by atoms with van der Waals surface area (Å²) in [4.78, 5) is 12.8. The molecule has 2 aromatic rings. The van der Waals surface area contributed by atoms with Crippen LogP contribution >= 0.6 is 22.9 Å². The van der Waals surface area contributed by atoms with Gasteiger partial charge in [0.05, 0.1) is 6.54 Å². The van der Waals surface area contributed by atoms with E-state index in [1.165, 1.54) is 4.88 Å². The van der Waals surface area contributed by atoms with E-state index in [4.69, 9.17) is 16.0 Å². The van der Waals surface area contributed by atoms with Gasteiger partial charge in [0.15, 0.2) is 5.22 Å². The predicted octanol–water partition coefficient (Wildman–Crippen LogP) is 3.24. The van der Waals surface area contributed by atoms with Crippen molar-refractivity contribution in [2.45, 2.75) is 19.4 Å². The van der Waals surface area contributed by atoms with Crippen LogP contribution in [0.25, 0.3) is 0 Å². The first-order valence-corrected chi connectivity index (χ1v) is 6.53. The lowest BCUT2D eigenvalue weighted by molar-refractivity contribution is -0.121. The molecular weight excluding hydrogens is 258 g/mol. The lowest BCUT2D eigenvalue weighted by Gasteiger charge is -2.02. The summed E-state index contributed by atoms with van der Waals surface area (Å²) in [6, 6.07) is 7.43. The Morgan fingerprint density at radius 2 is 2.29 bits per heavy atom. The van der Waals surface area contributed by atoms with Gasteiger partial charge in [0.1, 0.15) is 5.76 Å². The van der Waals surface area contributed by atoms with Gasteiger partial charge < -0.3 is 9.73 Å². The van der Waals surface area contributed by atoms with Crippen LogP contribution < -0.4 is 5.32 Å². The van der Waals surface area contributed by atoms with Gasteiger partial charge in [-0.05, 0) is 41.6 Å². The van der Waals surface area contributed by atoms with Crippen molar-refractivity contribution in [3.63, 3.8) is 0 Å². The number of hydrogen-bond acceptors (Lipinski definition) is 3. The molecule has 0 fully saturated rings. The quantitative estimate of drug-likeness (QED) is 0.905. The molecule has 0 saturated carbocycles. The second kappa shape index (κ2) is 5.89. The van der Waals surface area contributed by atoms with Crippen LogP contribution in [0.3, 0.4) is 0 Å². The molecule has 0 unspecified atom stereocenters. The number of amides is 1. The van der Waals surface area contributed by atoms with Gasteiger partial charge in [0.25, 0.3) is 0 Å². The zero-order valence-electron chi connectivity index (χ0n) is 9.11. The number of furan rings is 1. The van der Waals surface area contributed by atoms with Crippen LogP contribution in [0.15, 0.2) is 34.1 Å². The van der Waals surface area contributed by atoms with E-state index in [-0.39, 0.29) is 5.91 Å². The molecular formula is C12H12ClNO2S. The molecule has 17 heavy (non-hydrogen) atoms. The lowest BCUT2D eigenvalue weighted by atomic mass is 10.2. The summed E-state index contributed by atoms with van der Waals surface area (Å²) in [6.45, 7) is 0.385. The van der Waals surface area contributed by atoms with Crippen LogP contribution in [0.4, 0.5) is 0 Å². The third-order valence-electron chi connectivity index (χ3n) is 2.27. The minimum absolute atomic E-state index is 0.0194. The normalized spacial score (nSPS) is 10.4. The average Bonchev–Trinajstić information content (AvgIpc) is 2.95. The number of carbonyl (C=O) groups excluding carboxylic acids is 1. The van der Waals surface area contributed by atoms with Crippen LogP contribution in [0.5, 0.6) is 0 Å². The number of rotatable bonds is 5. The molecule has 0 aliphatic rings. The second-order valence-corrected chi connectivity index (χ2v) is 4.97. The standard InChI is InChI=1S/C12H12ClNO2S/c13-11-5-3-9(16-11)8-14-12(15)6-4-10-2-1-7-17-10/h1-3,5,7H,4,6,8H2,(H,14,15). The Balaban J connectivity index is 1.71. The van der Waals surface area contributed by atoms with Crippen LogP contribution in [0, 0.1) is 0 Å². The molecule has 5 heteroatoms. The molecule has 90 valence electrons. The van der Waals surface area contributed by atoms with Gasteiger partial charge >= 0.3 is 0 Å². The molecule has 0 aromatic carbocycles. The summed E-state index contributed by atoms with van der Waals surface area (Å²) in [7, 11) is 0. The van der Waals surface area contributed by atoms with Gasteiger partial charge in [-0.1, -0.05) is 6.07 Å². The van der Waals surface area contributed by atoms with Crippen molar-refractivity contribution in [2.24, 2.45) is 0 Å². The summed E-state index contributed by atoms with van der Waals surface area (Å²) in [5.74, 6) is 0.686. The summed E-state index contributed by atoms with van der Waals surface area (Å²) < 4.78 is 5.14. The van der Waals surface area contributed by atoms with E-state index >= 15 is 0 Å². The summed E-state index contributed by atoms with van der Waals surface area (Å²) in [6.07, 6.45) is 1.28. The number of thiophene rings is 1. The number of hydrogen-bond donors (Lipinski definition) is 1. The molecule has 3 nitrogen and oxygen atoms in total. The van der Waals surface area contributed by atoms with Gasteiger partial charge in [-0.3, -0.25) is 4.79 Å². The van der Waals surface area contributed by atoms with Gasteiger partial charge in [-0.15, -0.1) is 11.3 Å². The van der Waals surface area contributed by atoms with Gasteiger partial charge in [0, 0.05) is 11.3 Å². The molecule has 0 bridgehead atoms. The van der Waals surface area contributed by atoms with Crippen LogP contribution in [-0.2, 0) is 17.8 Å². The molecule has 0 radical (unpaired) electrons. The second-order valence-electron chi connectivity index (χ2n) is 3.56. The molecule has 0 spiro atoms. The summed E-state index contributed by atoms with van der Waals surface area (Å²) in [5.41, 5.74) is 0. The van der Waals surface area contributed by atoms with E-state index in [1.54, 1.807) is 23.5 Å². The predicted molar refractivity (Wildman–Crippen MR) is 68.2 cm³/mol. The molecule has 0 saturated heterocycles. The number of carbonyl (C=O) groups is 1. The molecule has 0 aliphatic heterocycles. The highest BCUT2D eigenvalue weighted by Crippen LogP contribution is 2.13. The Morgan fingerprint density at radius 3 is 2.94 bits per heavy atom. The molecule has 2 rings (SSSR count). The fraction of sp³-hybridized carbons (Fsp3) is 0.250. The maximum atomic E-state index is 11.5. The van der Waals surface area contributed by atoms with Crippen molar-refractivity contribution in [3.8, 4) is 0 Å². The first-order valence-electron chi connectivity index (χ1n) is 5.27. The Labute approximate surface area is 108 Å². The Morgan fingerprint density at radius 1 is 1.41 bits per heavy atom. The fourth-order valence-electron chi connectivity index (χ4n) is 1.41. The van der Waals surface area contributed by atoms with Crippen molar-refractivity contribution in [1.82, 2.24) is 5.32 Å². The number of aryl methyl sites for hydroxylation is 1. The van der Waals surface area contributed by atoms with Gasteiger partial charge in [0.2, 0.25) is 5.91 Å². The van der Waals surface area contributed by atoms with Gasteiger partial charge in [-0.25, -0.2) is 0 Å². The van der Waals surface area contributed by atoms with E-state index in [9.17, 15) is 4.79 Å². The third-order valence-corrected chi connectivity index (χ3v) is 3.41. The maximum Gasteiger partial charge on any atom is 0.220 e. The highest BCUT2D eigenvalue weighted by Gasteiger charge is 2.05. The third kappa shape index (κ3) is 3.91. The highest BCUT2D eigenvalue weighted by molar-refractivity contribution is 7.09. The van der Waals surface area contributed by atoms with Crippen molar-refractivity contribution in [3.05, 3.63) is 45.5 Å². The van der Waals surface area contributed by atoms with Crippen molar-refractivity contribution in [1.29, 1.82) is 0 Å². The molecule has 0 aliphatic carbocycles. The van der Waals surface area contributed by atoms with Crippen molar-refractivity contribution in [2.75, 3.05) is 0 Å². The Hall–Kier alpha value is -1.26. The fourth-order valence-corrected chi connectivity index (χ4v) is 2.28. The van der Waals surface area contributed by atoms with E-state index < -0.39 is 0 Å². The lowest BCUT2D eigenvalue weighted by Crippen LogP contribution is -2.22. The zero-order valence-corrected chi connectivity index (χ0v) is 10.7. The van der Waals surface area contributed by atoms with Crippen molar-refractivity contribution < 1.29 is 9.21 Å². The highest BCUT2D eigenvalue weighted by atomic mass is 35.5.